The van der Waals surface area contributed by atoms with Crippen LogP contribution in [0.1, 0.15) is 41.6 Å². The van der Waals surface area contributed by atoms with Gasteiger partial charge in [-0.1, -0.05) is 98.4 Å². The summed E-state index contributed by atoms with van der Waals surface area (Å²) in [5.74, 6) is 0.0482. The van der Waals surface area contributed by atoms with Crippen LogP contribution in [-0.4, -0.2) is 33.5 Å². The van der Waals surface area contributed by atoms with Crippen LogP contribution in [0.5, 0.6) is 0 Å². The zero-order chi connectivity index (χ0) is 31.2. The third-order valence-corrected chi connectivity index (χ3v) is 8.24. The van der Waals surface area contributed by atoms with Gasteiger partial charge in [-0.05, 0) is 46.0 Å². The molecule has 1 amide bonds. The molecule has 2 heterocycles. The number of aliphatic hydroxyl groups is 1. The van der Waals surface area contributed by atoms with E-state index in [1.54, 1.807) is 0 Å². The molecule has 5 aromatic rings. The van der Waals surface area contributed by atoms with Crippen molar-refractivity contribution < 1.29 is 24.1 Å². The molecule has 0 aliphatic carbocycles. The maximum atomic E-state index is 11.8. The number of carbonyl (C=O) groups is 1. The number of hydrogen-bond acceptors (Lipinski definition) is 6. The number of fused-ring (bicyclic) bond motifs is 1. The topological polar surface area (TPSA) is 94.8 Å². The zero-order valence-electron chi connectivity index (χ0n) is 25.2. The predicted octanol–water partition coefficient (Wildman–Crippen LogP) is 7.10. The highest BCUT2D eigenvalue weighted by atomic mass is 16.7. The molecule has 4 aromatic carbocycles. The first-order valence-corrected chi connectivity index (χ1v) is 15.1. The second kappa shape index (κ2) is 13.9. The monoisotopic (exact) mass is 603 g/mol. The molecule has 2 N–H and O–H groups in total. The van der Waals surface area contributed by atoms with Crippen molar-refractivity contribution in [1.82, 2.24) is 14.9 Å². The van der Waals surface area contributed by atoms with Crippen molar-refractivity contribution in [2.75, 3.05) is 6.61 Å². The number of carbonyl (C=O) groups excluding carboxylic acids is 1. The quantitative estimate of drug-likeness (QED) is 0.165. The van der Waals surface area contributed by atoms with Crippen molar-refractivity contribution in [3.8, 4) is 11.1 Å². The van der Waals surface area contributed by atoms with Crippen LogP contribution in [0.3, 0.4) is 0 Å². The SMILES string of the molecule is C=CCOC(=O)NCc1cccc(-c2ccc(C3OC(Cn4cnc5ccccc54)C(C)C(c4ccc(CO)cc4)O3)cc2)c1. The van der Waals surface area contributed by atoms with E-state index in [2.05, 4.69) is 52.6 Å². The van der Waals surface area contributed by atoms with Crippen LogP contribution >= 0.6 is 0 Å². The molecule has 0 radical (unpaired) electrons. The van der Waals surface area contributed by atoms with Gasteiger partial charge >= 0.3 is 6.09 Å². The number of hydrogen-bond donors (Lipinski definition) is 2. The first-order chi connectivity index (χ1) is 22.0. The Hall–Kier alpha value is -4.76. The van der Waals surface area contributed by atoms with E-state index in [-0.39, 0.29) is 31.3 Å². The number of aliphatic hydroxyl groups excluding tert-OH is 1. The van der Waals surface area contributed by atoms with Crippen LogP contribution in [0.4, 0.5) is 4.79 Å². The molecule has 8 heteroatoms. The molecule has 1 aromatic heterocycles. The van der Waals surface area contributed by atoms with Crippen molar-refractivity contribution in [3.63, 3.8) is 0 Å². The van der Waals surface area contributed by atoms with Crippen molar-refractivity contribution >= 4 is 17.1 Å². The summed E-state index contributed by atoms with van der Waals surface area (Å²) >= 11 is 0. The first kappa shape index (κ1) is 30.3. The van der Waals surface area contributed by atoms with Crippen molar-refractivity contribution in [1.29, 1.82) is 0 Å². The Morgan fingerprint density at radius 1 is 0.956 bits per heavy atom. The molecular formula is C37H37N3O5. The fraction of sp³-hybridized carbons (Fsp3) is 0.243. The molecule has 1 aliphatic rings. The van der Waals surface area contributed by atoms with E-state index in [0.717, 1.165) is 44.4 Å². The summed E-state index contributed by atoms with van der Waals surface area (Å²) in [6, 6.07) is 32.3. The Morgan fingerprint density at radius 2 is 1.73 bits per heavy atom. The van der Waals surface area contributed by atoms with Crippen molar-refractivity contribution in [2.24, 2.45) is 5.92 Å². The lowest BCUT2D eigenvalue weighted by Gasteiger charge is -2.41. The van der Waals surface area contributed by atoms with Crippen LogP contribution in [0.2, 0.25) is 0 Å². The van der Waals surface area contributed by atoms with Crippen LogP contribution in [0.25, 0.3) is 22.2 Å². The number of benzene rings is 4. The summed E-state index contributed by atoms with van der Waals surface area (Å²) in [7, 11) is 0. The van der Waals surface area contributed by atoms with Crippen LogP contribution in [-0.2, 0) is 33.9 Å². The van der Waals surface area contributed by atoms with Gasteiger partial charge in [-0.2, -0.15) is 0 Å². The molecule has 4 unspecified atom stereocenters. The maximum absolute atomic E-state index is 11.8. The number of nitrogens with one attached hydrogen (secondary N) is 1. The summed E-state index contributed by atoms with van der Waals surface area (Å²) in [6.07, 6.45) is 2.00. The molecule has 0 spiro atoms. The lowest BCUT2D eigenvalue weighted by Crippen LogP contribution is -2.39. The molecule has 45 heavy (non-hydrogen) atoms. The van der Waals surface area contributed by atoms with Crippen LogP contribution in [0, 0.1) is 5.92 Å². The van der Waals surface area contributed by atoms with Gasteiger partial charge in [0, 0.05) is 18.0 Å². The highest BCUT2D eigenvalue weighted by molar-refractivity contribution is 5.75. The molecule has 1 fully saturated rings. The number of aromatic nitrogens is 2. The second-order valence-electron chi connectivity index (χ2n) is 11.3. The number of amides is 1. The van der Waals surface area contributed by atoms with Gasteiger partial charge in [0.1, 0.15) is 6.61 Å². The van der Waals surface area contributed by atoms with Crippen LogP contribution in [0.15, 0.2) is 116 Å². The minimum Gasteiger partial charge on any atom is -0.445 e. The normalized spacial score (nSPS) is 19.7. The zero-order valence-corrected chi connectivity index (χ0v) is 25.2. The van der Waals surface area contributed by atoms with E-state index in [4.69, 9.17) is 14.2 Å². The van der Waals surface area contributed by atoms with E-state index in [1.165, 1.54) is 6.08 Å². The fourth-order valence-electron chi connectivity index (χ4n) is 5.73. The Kier molecular flexibility index (Phi) is 9.35. The summed E-state index contributed by atoms with van der Waals surface area (Å²) in [5.41, 5.74) is 7.88. The Balaban J connectivity index is 1.23. The predicted molar refractivity (Wildman–Crippen MR) is 173 cm³/mol. The van der Waals surface area contributed by atoms with Crippen molar-refractivity contribution in [3.05, 3.63) is 138 Å². The number of alkyl carbamates (subject to hydrolysis) is 1. The van der Waals surface area contributed by atoms with Gasteiger partial charge in [-0.3, -0.25) is 0 Å². The maximum Gasteiger partial charge on any atom is 0.407 e. The van der Waals surface area contributed by atoms with Gasteiger partial charge < -0.3 is 29.2 Å². The minimum atomic E-state index is -0.574. The lowest BCUT2D eigenvalue weighted by atomic mass is 9.90. The van der Waals surface area contributed by atoms with E-state index < -0.39 is 12.4 Å². The second-order valence-corrected chi connectivity index (χ2v) is 11.3. The third kappa shape index (κ3) is 6.99. The molecule has 1 saturated heterocycles. The summed E-state index contributed by atoms with van der Waals surface area (Å²) in [6.45, 7) is 6.88. The molecular weight excluding hydrogens is 566 g/mol. The average molecular weight is 604 g/mol. The molecule has 0 saturated carbocycles. The molecule has 4 atom stereocenters. The lowest BCUT2D eigenvalue weighted by molar-refractivity contribution is -0.276. The number of nitrogens with zero attached hydrogens (tertiary/aromatic N) is 2. The van der Waals surface area contributed by atoms with Gasteiger partial charge in [0.15, 0.2) is 6.29 Å². The highest BCUT2D eigenvalue weighted by Gasteiger charge is 2.38. The first-order valence-electron chi connectivity index (χ1n) is 15.1. The number of rotatable bonds is 10. The van der Waals surface area contributed by atoms with Gasteiger partial charge in [0.2, 0.25) is 0 Å². The summed E-state index contributed by atoms with van der Waals surface area (Å²) < 4.78 is 20.5. The van der Waals surface area contributed by atoms with E-state index in [0.29, 0.717) is 13.1 Å². The van der Waals surface area contributed by atoms with Gasteiger partial charge in [-0.15, -0.1) is 0 Å². The Bertz CT molecular complexity index is 1750. The third-order valence-electron chi connectivity index (χ3n) is 8.24. The largest absolute Gasteiger partial charge is 0.445 e. The fourth-order valence-corrected chi connectivity index (χ4v) is 5.73. The van der Waals surface area contributed by atoms with Crippen molar-refractivity contribution in [2.45, 2.75) is 45.1 Å². The smallest absolute Gasteiger partial charge is 0.407 e. The summed E-state index contributed by atoms with van der Waals surface area (Å²) in [4.78, 5) is 16.4. The van der Waals surface area contributed by atoms with Gasteiger partial charge in [-0.25, -0.2) is 9.78 Å². The minimum absolute atomic E-state index is 0.00252. The Labute approximate surface area is 262 Å². The Morgan fingerprint density at radius 3 is 2.51 bits per heavy atom. The molecule has 8 nitrogen and oxygen atoms in total. The molecule has 230 valence electrons. The van der Waals surface area contributed by atoms with Gasteiger partial charge in [0.05, 0.1) is 42.7 Å². The molecule has 0 bridgehead atoms. The van der Waals surface area contributed by atoms with Gasteiger partial charge in [0.25, 0.3) is 0 Å². The van der Waals surface area contributed by atoms with E-state index >= 15 is 0 Å². The summed E-state index contributed by atoms with van der Waals surface area (Å²) in [5, 5.41) is 12.3. The number of imidazole rings is 1. The van der Waals surface area contributed by atoms with E-state index in [1.807, 2.05) is 79.1 Å². The number of para-hydroxylation sites is 2. The highest BCUT2D eigenvalue weighted by Crippen LogP contribution is 2.42. The standard InChI is InChI=1S/C37H37N3O5/c1-3-19-43-37(42)38-21-27-7-6-8-31(20-27)28-15-17-30(18-16-28)36-44-34(22-40-24-39-32-9-4-5-10-33(32)40)25(2)35(45-36)29-13-11-26(23-41)12-14-29/h3-18,20,24-25,34-36,41H,1,19,21-23H2,2H3,(H,38,42). The average Bonchev–Trinajstić information content (AvgIpc) is 3.50. The number of ether oxygens (including phenoxy) is 3. The van der Waals surface area contributed by atoms with E-state index in [9.17, 15) is 9.90 Å². The molecule has 1 aliphatic heterocycles. The van der Waals surface area contributed by atoms with Crippen LogP contribution < -0.4 is 5.32 Å². The molecule has 6 rings (SSSR count).